The monoisotopic (exact) mass is 242 g/mol. The molecule has 0 spiro atoms. The molecule has 0 aliphatic carbocycles. The highest BCUT2D eigenvalue weighted by molar-refractivity contribution is 6.09. The number of hydrogen-bond acceptors (Lipinski definition) is 2. The molecule has 0 saturated carbocycles. The number of ketones is 1. The van der Waals surface area contributed by atoms with Crippen molar-refractivity contribution in [2.75, 3.05) is 0 Å². The van der Waals surface area contributed by atoms with Crippen molar-refractivity contribution in [2.24, 2.45) is 0 Å². The Morgan fingerprint density at radius 1 is 1.33 bits per heavy atom. The highest BCUT2D eigenvalue weighted by Crippen LogP contribution is 2.15. The molecule has 0 aliphatic heterocycles. The minimum absolute atomic E-state index is 0.0508. The lowest BCUT2D eigenvalue weighted by atomic mass is 9.99. The molecule has 0 unspecified atom stereocenters. The molecule has 0 bridgehead atoms. The van der Waals surface area contributed by atoms with Gasteiger partial charge in [-0.2, -0.15) is 5.10 Å². The smallest absolute Gasteiger partial charge is 0.196 e. The normalized spacial score (nSPS) is 10.6. The van der Waals surface area contributed by atoms with Gasteiger partial charge in [-0.3, -0.25) is 9.48 Å². The van der Waals surface area contributed by atoms with Gasteiger partial charge in [-0.25, -0.2) is 0 Å². The van der Waals surface area contributed by atoms with Gasteiger partial charge in [-0.15, -0.1) is 0 Å². The highest BCUT2D eigenvalue weighted by Gasteiger charge is 2.13. The Kier molecular flexibility index (Phi) is 3.60. The number of aryl methyl sites for hydroxylation is 3. The Morgan fingerprint density at radius 3 is 2.78 bits per heavy atom. The number of hydrogen-bond donors (Lipinski definition) is 0. The average molecular weight is 242 g/mol. The SMILES string of the molecule is CCCn1cc(C(=O)c2ccc(C)cc2C)cn1. The third-order valence-electron chi connectivity index (χ3n) is 2.97. The van der Waals surface area contributed by atoms with Gasteiger partial charge < -0.3 is 0 Å². The standard InChI is InChI=1S/C15H18N2O/c1-4-7-17-10-13(9-16-17)15(18)14-6-5-11(2)8-12(14)3/h5-6,8-10H,4,7H2,1-3H3. The van der Waals surface area contributed by atoms with Gasteiger partial charge in [0.25, 0.3) is 0 Å². The topological polar surface area (TPSA) is 34.9 Å². The minimum atomic E-state index is 0.0508. The maximum absolute atomic E-state index is 12.3. The van der Waals surface area contributed by atoms with E-state index in [4.69, 9.17) is 0 Å². The maximum Gasteiger partial charge on any atom is 0.196 e. The first kappa shape index (κ1) is 12.6. The summed E-state index contributed by atoms with van der Waals surface area (Å²) in [5, 5.41) is 4.20. The molecule has 3 heteroatoms. The number of carbonyl (C=O) groups excluding carboxylic acids is 1. The van der Waals surface area contributed by atoms with E-state index in [0.29, 0.717) is 5.56 Å². The van der Waals surface area contributed by atoms with Crippen molar-refractivity contribution < 1.29 is 4.79 Å². The summed E-state index contributed by atoms with van der Waals surface area (Å²) in [6.45, 7) is 6.94. The predicted molar refractivity (Wildman–Crippen MR) is 71.9 cm³/mol. The first-order valence-electron chi connectivity index (χ1n) is 6.26. The molecule has 0 atom stereocenters. The quantitative estimate of drug-likeness (QED) is 0.772. The van der Waals surface area contributed by atoms with Gasteiger partial charge in [0.2, 0.25) is 0 Å². The molecule has 1 aromatic carbocycles. The summed E-state index contributed by atoms with van der Waals surface area (Å²) in [5.41, 5.74) is 3.61. The van der Waals surface area contributed by atoms with E-state index in [0.717, 1.165) is 24.1 Å². The van der Waals surface area contributed by atoms with E-state index < -0.39 is 0 Å². The molecule has 2 rings (SSSR count). The summed E-state index contributed by atoms with van der Waals surface area (Å²) in [7, 11) is 0. The van der Waals surface area contributed by atoms with E-state index in [2.05, 4.69) is 12.0 Å². The fraction of sp³-hybridized carbons (Fsp3) is 0.333. The van der Waals surface area contributed by atoms with Crippen molar-refractivity contribution >= 4 is 5.78 Å². The van der Waals surface area contributed by atoms with Gasteiger partial charge in [0.1, 0.15) is 0 Å². The van der Waals surface area contributed by atoms with Gasteiger partial charge in [0, 0.05) is 18.3 Å². The lowest BCUT2D eigenvalue weighted by molar-refractivity contribution is 0.103. The Hall–Kier alpha value is -1.90. The summed E-state index contributed by atoms with van der Waals surface area (Å²) in [4.78, 5) is 12.3. The van der Waals surface area contributed by atoms with Crippen molar-refractivity contribution in [3.05, 3.63) is 52.8 Å². The Balaban J connectivity index is 2.29. The van der Waals surface area contributed by atoms with Crippen LogP contribution in [0.1, 0.15) is 40.4 Å². The summed E-state index contributed by atoms with van der Waals surface area (Å²) in [5.74, 6) is 0.0508. The number of aromatic nitrogens is 2. The molecule has 0 saturated heterocycles. The van der Waals surface area contributed by atoms with E-state index in [-0.39, 0.29) is 5.78 Å². The van der Waals surface area contributed by atoms with Gasteiger partial charge in [0.15, 0.2) is 5.78 Å². The van der Waals surface area contributed by atoms with Gasteiger partial charge in [-0.1, -0.05) is 30.7 Å². The van der Waals surface area contributed by atoms with Crippen molar-refractivity contribution in [1.29, 1.82) is 0 Å². The molecule has 0 N–H and O–H groups in total. The van der Waals surface area contributed by atoms with Crippen LogP contribution in [0, 0.1) is 13.8 Å². The van der Waals surface area contributed by atoms with Gasteiger partial charge in [0.05, 0.1) is 11.8 Å². The van der Waals surface area contributed by atoms with Crippen LogP contribution >= 0.6 is 0 Å². The van der Waals surface area contributed by atoms with E-state index in [1.54, 1.807) is 6.20 Å². The Bertz CT molecular complexity index is 570. The first-order chi connectivity index (χ1) is 8.61. The Morgan fingerprint density at radius 2 is 2.11 bits per heavy atom. The summed E-state index contributed by atoms with van der Waals surface area (Å²) >= 11 is 0. The maximum atomic E-state index is 12.3. The highest BCUT2D eigenvalue weighted by atomic mass is 16.1. The minimum Gasteiger partial charge on any atom is -0.288 e. The van der Waals surface area contributed by atoms with Crippen LogP contribution in [0.15, 0.2) is 30.6 Å². The second kappa shape index (κ2) is 5.17. The van der Waals surface area contributed by atoms with Gasteiger partial charge in [-0.05, 0) is 25.8 Å². The fourth-order valence-electron chi connectivity index (χ4n) is 2.06. The van der Waals surface area contributed by atoms with E-state index in [1.165, 1.54) is 5.56 Å². The van der Waals surface area contributed by atoms with Crippen molar-refractivity contribution in [1.82, 2.24) is 9.78 Å². The predicted octanol–water partition coefficient (Wildman–Crippen LogP) is 3.14. The molecular weight excluding hydrogens is 224 g/mol. The lowest BCUT2D eigenvalue weighted by Gasteiger charge is -2.04. The van der Waals surface area contributed by atoms with Crippen LogP contribution in [-0.2, 0) is 6.54 Å². The van der Waals surface area contributed by atoms with E-state index in [9.17, 15) is 4.79 Å². The van der Waals surface area contributed by atoms with Crippen LogP contribution in [0.4, 0.5) is 0 Å². The molecule has 0 aliphatic rings. The van der Waals surface area contributed by atoms with Crippen LogP contribution in [0.25, 0.3) is 0 Å². The molecule has 18 heavy (non-hydrogen) atoms. The van der Waals surface area contributed by atoms with Gasteiger partial charge >= 0.3 is 0 Å². The summed E-state index contributed by atoms with van der Waals surface area (Å²) < 4.78 is 1.82. The second-order valence-corrected chi connectivity index (χ2v) is 4.64. The summed E-state index contributed by atoms with van der Waals surface area (Å²) in [6, 6.07) is 5.89. The van der Waals surface area contributed by atoms with Crippen molar-refractivity contribution in [3.63, 3.8) is 0 Å². The molecule has 0 fully saturated rings. The van der Waals surface area contributed by atoms with E-state index in [1.807, 2.05) is 42.9 Å². The number of nitrogens with zero attached hydrogens (tertiary/aromatic N) is 2. The molecule has 0 radical (unpaired) electrons. The van der Waals surface area contributed by atoms with Crippen LogP contribution in [-0.4, -0.2) is 15.6 Å². The zero-order chi connectivity index (χ0) is 13.1. The molecular formula is C15H18N2O. The molecule has 0 amide bonds. The molecule has 1 aromatic heterocycles. The van der Waals surface area contributed by atoms with Crippen LogP contribution in [0.2, 0.25) is 0 Å². The van der Waals surface area contributed by atoms with Crippen LogP contribution < -0.4 is 0 Å². The zero-order valence-electron chi connectivity index (χ0n) is 11.1. The summed E-state index contributed by atoms with van der Waals surface area (Å²) in [6.07, 6.45) is 4.49. The lowest BCUT2D eigenvalue weighted by Crippen LogP contribution is -2.03. The number of benzene rings is 1. The fourth-order valence-corrected chi connectivity index (χ4v) is 2.06. The Labute approximate surface area is 107 Å². The van der Waals surface area contributed by atoms with E-state index >= 15 is 0 Å². The third-order valence-corrected chi connectivity index (χ3v) is 2.97. The first-order valence-corrected chi connectivity index (χ1v) is 6.26. The van der Waals surface area contributed by atoms with Crippen molar-refractivity contribution in [3.8, 4) is 0 Å². The van der Waals surface area contributed by atoms with Crippen LogP contribution in [0.3, 0.4) is 0 Å². The molecule has 1 heterocycles. The molecule has 2 aromatic rings. The zero-order valence-corrected chi connectivity index (χ0v) is 11.1. The van der Waals surface area contributed by atoms with Crippen LogP contribution in [0.5, 0.6) is 0 Å². The second-order valence-electron chi connectivity index (χ2n) is 4.64. The third kappa shape index (κ3) is 2.50. The molecule has 3 nitrogen and oxygen atoms in total. The molecule has 94 valence electrons. The number of carbonyl (C=O) groups is 1. The largest absolute Gasteiger partial charge is 0.288 e. The number of rotatable bonds is 4. The average Bonchev–Trinajstić information content (AvgIpc) is 2.77. The van der Waals surface area contributed by atoms with Crippen molar-refractivity contribution in [2.45, 2.75) is 33.7 Å².